The Hall–Kier alpha value is -0.470. The molecule has 0 aliphatic rings. The van der Waals surface area contributed by atoms with Crippen LogP contribution in [-0.2, 0) is 6.54 Å². The average molecular weight is 244 g/mol. The van der Waals surface area contributed by atoms with Gasteiger partial charge in [-0.05, 0) is 36.7 Å². The summed E-state index contributed by atoms with van der Waals surface area (Å²) in [4.78, 5) is 0. The van der Waals surface area contributed by atoms with Gasteiger partial charge in [0.25, 0.3) is 0 Å². The van der Waals surface area contributed by atoms with Gasteiger partial charge in [-0.25, -0.2) is 0 Å². The molecule has 0 aromatic carbocycles. The molecule has 0 saturated carbocycles. The highest BCUT2D eigenvalue weighted by Crippen LogP contribution is 2.12. The van der Waals surface area contributed by atoms with Crippen LogP contribution in [0.5, 0.6) is 0 Å². The third kappa shape index (κ3) is 6.19. The Bertz CT molecular complexity index is 273. The number of unbranched alkanes of at least 4 members (excludes halogenated alkanes) is 5. The fourth-order valence-corrected chi connectivity index (χ4v) is 1.85. The predicted octanol–water partition coefficient (Wildman–Crippen LogP) is 4.38. The van der Waals surface area contributed by atoms with Crippen molar-refractivity contribution in [2.75, 3.05) is 6.54 Å². The first kappa shape index (κ1) is 13.6. The van der Waals surface area contributed by atoms with Crippen LogP contribution in [0.4, 0.5) is 0 Å². The minimum absolute atomic E-state index is 0.469. The van der Waals surface area contributed by atoms with Crippen molar-refractivity contribution in [3.05, 3.63) is 23.1 Å². The number of hydrogen-bond donors (Lipinski definition) is 1. The lowest BCUT2D eigenvalue weighted by Crippen LogP contribution is -2.14. The lowest BCUT2D eigenvalue weighted by atomic mass is 10.1. The van der Waals surface area contributed by atoms with E-state index in [2.05, 4.69) is 12.2 Å². The molecule has 0 aliphatic carbocycles. The maximum atomic E-state index is 5.68. The van der Waals surface area contributed by atoms with Crippen LogP contribution >= 0.6 is 11.6 Å². The second-order valence-electron chi connectivity index (χ2n) is 4.15. The molecule has 1 heterocycles. The Labute approximate surface area is 103 Å². The predicted molar refractivity (Wildman–Crippen MR) is 68.8 cm³/mol. The quantitative estimate of drug-likeness (QED) is 0.651. The van der Waals surface area contributed by atoms with Crippen molar-refractivity contribution >= 4 is 11.6 Å². The van der Waals surface area contributed by atoms with Crippen molar-refractivity contribution in [1.29, 1.82) is 0 Å². The lowest BCUT2D eigenvalue weighted by molar-refractivity contribution is 0.478. The Balaban J connectivity index is 1.88. The van der Waals surface area contributed by atoms with Crippen LogP contribution in [0.15, 0.2) is 16.5 Å². The normalized spacial score (nSPS) is 10.9. The summed E-state index contributed by atoms with van der Waals surface area (Å²) in [6, 6.07) is 3.69. The fourth-order valence-electron chi connectivity index (χ4n) is 1.69. The van der Waals surface area contributed by atoms with E-state index in [9.17, 15) is 0 Å². The lowest BCUT2D eigenvalue weighted by Gasteiger charge is -2.02. The minimum atomic E-state index is 0.469. The Morgan fingerprint density at radius 1 is 1.12 bits per heavy atom. The van der Waals surface area contributed by atoms with Crippen LogP contribution in [0.1, 0.15) is 51.2 Å². The minimum Gasteiger partial charge on any atom is -0.448 e. The standard InChI is InChI=1S/C13H22ClNO/c1-2-3-4-5-6-7-10-15-11-12-8-9-13(14)16-12/h8-9,15H,2-7,10-11H2,1H3. The van der Waals surface area contributed by atoms with E-state index in [1.54, 1.807) is 6.07 Å². The summed E-state index contributed by atoms with van der Waals surface area (Å²) >= 11 is 5.68. The molecule has 0 spiro atoms. The second-order valence-corrected chi connectivity index (χ2v) is 4.52. The Morgan fingerprint density at radius 2 is 1.88 bits per heavy atom. The van der Waals surface area contributed by atoms with Crippen LogP contribution < -0.4 is 5.32 Å². The van der Waals surface area contributed by atoms with Crippen molar-refractivity contribution in [3.63, 3.8) is 0 Å². The fraction of sp³-hybridized carbons (Fsp3) is 0.692. The first-order chi connectivity index (χ1) is 7.83. The van der Waals surface area contributed by atoms with Crippen molar-refractivity contribution in [3.8, 4) is 0 Å². The molecule has 1 aromatic heterocycles. The molecule has 2 nitrogen and oxygen atoms in total. The molecule has 92 valence electrons. The monoisotopic (exact) mass is 243 g/mol. The number of halogens is 1. The summed E-state index contributed by atoms with van der Waals surface area (Å²) in [5, 5.41) is 3.82. The maximum Gasteiger partial charge on any atom is 0.193 e. The third-order valence-corrected chi connectivity index (χ3v) is 2.84. The zero-order valence-corrected chi connectivity index (χ0v) is 10.9. The molecule has 0 atom stereocenters. The van der Waals surface area contributed by atoms with Crippen molar-refractivity contribution in [2.45, 2.75) is 52.0 Å². The molecule has 0 bridgehead atoms. The molecule has 0 fully saturated rings. The molecule has 3 heteroatoms. The maximum absolute atomic E-state index is 5.68. The third-order valence-electron chi connectivity index (χ3n) is 2.64. The number of rotatable bonds is 9. The molecule has 1 N–H and O–H groups in total. The molecular formula is C13H22ClNO. The van der Waals surface area contributed by atoms with E-state index >= 15 is 0 Å². The molecule has 0 aliphatic heterocycles. The highest BCUT2D eigenvalue weighted by Gasteiger charge is 1.98. The average Bonchev–Trinajstić information content (AvgIpc) is 2.68. The number of furan rings is 1. The van der Waals surface area contributed by atoms with E-state index in [1.807, 2.05) is 6.07 Å². The van der Waals surface area contributed by atoms with E-state index in [0.717, 1.165) is 18.8 Å². The zero-order chi connectivity index (χ0) is 11.6. The van der Waals surface area contributed by atoms with Gasteiger partial charge in [0.2, 0.25) is 0 Å². The summed E-state index contributed by atoms with van der Waals surface area (Å²) in [5.41, 5.74) is 0. The van der Waals surface area contributed by atoms with Crippen LogP contribution in [0.25, 0.3) is 0 Å². The molecule has 0 radical (unpaired) electrons. The molecule has 1 aromatic rings. The Kier molecular flexibility index (Phi) is 7.35. The first-order valence-electron chi connectivity index (χ1n) is 6.28. The van der Waals surface area contributed by atoms with Crippen LogP contribution in [0.3, 0.4) is 0 Å². The van der Waals surface area contributed by atoms with Gasteiger partial charge in [0.1, 0.15) is 5.76 Å². The number of nitrogens with one attached hydrogen (secondary N) is 1. The van der Waals surface area contributed by atoms with E-state index in [4.69, 9.17) is 16.0 Å². The van der Waals surface area contributed by atoms with Crippen LogP contribution in [0, 0.1) is 0 Å². The van der Waals surface area contributed by atoms with Gasteiger partial charge in [-0.15, -0.1) is 0 Å². The van der Waals surface area contributed by atoms with Gasteiger partial charge >= 0.3 is 0 Å². The van der Waals surface area contributed by atoms with Crippen LogP contribution in [-0.4, -0.2) is 6.54 Å². The van der Waals surface area contributed by atoms with Gasteiger partial charge in [0, 0.05) is 0 Å². The van der Waals surface area contributed by atoms with Crippen molar-refractivity contribution in [2.24, 2.45) is 0 Å². The largest absolute Gasteiger partial charge is 0.448 e. The highest BCUT2D eigenvalue weighted by molar-refractivity contribution is 6.28. The summed E-state index contributed by atoms with van der Waals surface area (Å²) in [5.74, 6) is 0.913. The Morgan fingerprint density at radius 3 is 2.56 bits per heavy atom. The second kappa shape index (κ2) is 8.66. The molecule has 0 saturated heterocycles. The van der Waals surface area contributed by atoms with Gasteiger partial charge < -0.3 is 9.73 Å². The topological polar surface area (TPSA) is 25.2 Å². The van der Waals surface area contributed by atoms with Gasteiger partial charge in [-0.1, -0.05) is 39.0 Å². The van der Waals surface area contributed by atoms with E-state index in [1.165, 1.54) is 38.5 Å². The molecule has 0 unspecified atom stereocenters. The van der Waals surface area contributed by atoms with Gasteiger partial charge in [0.05, 0.1) is 6.54 Å². The summed E-state index contributed by atoms with van der Waals surface area (Å²) < 4.78 is 5.25. The first-order valence-corrected chi connectivity index (χ1v) is 6.65. The molecular weight excluding hydrogens is 222 g/mol. The van der Waals surface area contributed by atoms with E-state index < -0.39 is 0 Å². The SMILES string of the molecule is CCCCCCCCNCc1ccc(Cl)o1. The van der Waals surface area contributed by atoms with Gasteiger partial charge in [0.15, 0.2) is 5.22 Å². The molecule has 1 rings (SSSR count). The van der Waals surface area contributed by atoms with Gasteiger partial charge in [-0.3, -0.25) is 0 Å². The molecule has 0 amide bonds. The van der Waals surface area contributed by atoms with Crippen molar-refractivity contribution in [1.82, 2.24) is 5.32 Å². The highest BCUT2D eigenvalue weighted by atomic mass is 35.5. The summed E-state index contributed by atoms with van der Waals surface area (Å²) in [7, 11) is 0. The smallest absolute Gasteiger partial charge is 0.193 e. The van der Waals surface area contributed by atoms with E-state index in [0.29, 0.717) is 5.22 Å². The summed E-state index contributed by atoms with van der Waals surface area (Å²) in [6.07, 6.45) is 8.01. The number of hydrogen-bond acceptors (Lipinski definition) is 2. The molecule has 16 heavy (non-hydrogen) atoms. The summed E-state index contributed by atoms with van der Waals surface area (Å²) in [6.45, 7) is 4.09. The van der Waals surface area contributed by atoms with Gasteiger partial charge in [-0.2, -0.15) is 0 Å². The zero-order valence-electron chi connectivity index (χ0n) is 10.1. The van der Waals surface area contributed by atoms with E-state index in [-0.39, 0.29) is 0 Å². The van der Waals surface area contributed by atoms with Crippen LogP contribution in [0.2, 0.25) is 5.22 Å². The van der Waals surface area contributed by atoms with Crippen molar-refractivity contribution < 1.29 is 4.42 Å².